The lowest BCUT2D eigenvalue weighted by atomic mass is 9.86. The number of benzene rings is 2. The smallest absolute Gasteiger partial charge is 0.162 e. The number of ether oxygens (including phenoxy) is 1. The third kappa shape index (κ3) is 5.63. The first-order valence-electron chi connectivity index (χ1n) is 11.4. The maximum Gasteiger partial charge on any atom is 0.162 e. The van der Waals surface area contributed by atoms with E-state index in [1.807, 2.05) is 11.0 Å². The highest BCUT2D eigenvalue weighted by atomic mass is 19.2. The predicted molar refractivity (Wildman–Crippen MR) is 121 cm³/mol. The second kappa shape index (κ2) is 9.54. The minimum atomic E-state index is -1.58. The van der Waals surface area contributed by atoms with Crippen LogP contribution >= 0.6 is 0 Å². The highest BCUT2D eigenvalue weighted by Gasteiger charge is 2.44. The number of aliphatic hydroxyl groups excluding tert-OH is 1. The van der Waals surface area contributed by atoms with Gasteiger partial charge in [0.05, 0.1) is 11.7 Å². The summed E-state index contributed by atoms with van der Waals surface area (Å²) in [4.78, 5) is 4.22. The van der Waals surface area contributed by atoms with Gasteiger partial charge in [0, 0.05) is 44.5 Å². The van der Waals surface area contributed by atoms with Crippen molar-refractivity contribution < 1.29 is 28.8 Å². The molecular formula is C25H32F2N2O4. The average Bonchev–Trinajstić information content (AvgIpc) is 2.78. The Morgan fingerprint density at radius 3 is 2.48 bits per heavy atom. The zero-order valence-electron chi connectivity index (χ0n) is 18.9. The summed E-state index contributed by atoms with van der Waals surface area (Å²) in [5, 5.41) is 32.7. The summed E-state index contributed by atoms with van der Waals surface area (Å²) in [5.41, 5.74) is -0.112. The summed E-state index contributed by atoms with van der Waals surface area (Å²) < 4.78 is 32.0. The number of β-amino-alcohol motifs (C(OH)–C–C–N with tert-alkyl or cyclic N) is 2. The first-order valence-corrected chi connectivity index (χ1v) is 11.4. The number of hydrogen-bond acceptors (Lipinski definition) is 6. The van der Waals surface area contributed by atoms with E-state index in [0.29, 0.717) is 32.4 Å². The molecule has 4 rings (SSSR count). The summed E-state index contributed by atoms with van der Waals surface area (Å²) in [6.45, 7) is 4.30. The van der Waals surface area contributed by atoms with Gasteiger partial charge >= 0.3 is 0 Å². The molecule has 0 spiro atoms. The lowest BCUT2D eigenvalue weighted by molar-refractivity contribution is -0.149. The molecule has 0 saturated carbocycles. The number of anilines is 1. The van der Waals surface area contributed by atoms with Gasteiger partial charge in [0.2, 0.25) is 0 Å². The van der Waals surface area contributed by atoms with Crippen LogP contribution in [-0.2, 0) is 0 Å². The van der Waals surface area contributed by atoms with Crippen molar-refractivity contribution in [2.24, 2.45) is 0 Å². The number of nitrogens with zero attached hydrogens (tertiary/aromatic N) is 2. The molecule has 0 bridgehead atoms. The van der Waals surface area contributed by atoms with Crippen LogP contribution in [0.3, 0.4) is 0 Å². The van der Waals surface area contributed by atoms with Crippen LogP contribution in [-0.4, -0.2) is 76.9 Å². The van der Waals surface area contributed by atoms with Crippen LogP contribution in [0.5, 0.6) is 5.75 Å². The van der Waals surface area contributed by atoms with Gasteiger partial charge < -0.3 is 25.0 Å². The Hall–Kier alpha value is -2.26. The molecule has 2 atom stereocenters. The van der Waals surface area contributed by atoms with E-state index >= 15 is 0 Å². The quantitative estimate of drug-likeness (QED) is 0.613. The second-order valence-electron chi connectivity index (χ2n) is 9.53. The molecule has 3 N–H and O–H groups in total. The molecule has 2 heterocycles. The summed E-state index contributed by atoms with van der Waals surface area (Å²) in [6, 6.07) is 11.5. The Morgan fingerprint density at radius 1 is 1.03 bits per heavy atom. The lowest BCUT2D eigenvalue weighted by Gasteiger charge is -2.46. The Balaban J connectivity index is 1.34. The maximum absolute atomic E-state index is 13.4. The Kier molecular flexibility index (Phi) is 6.91. The van der Waals surface area contributed by atoms with E-state index in [0.717, 1.165) is 30.9 Å². The Labute approximate surface area is 193 Å². The van der Waals surface area contributed by atoms with Crippen molar-refractivity contribution in [3.63, 3.8) is 0 Å². The molecular weight excluding hydrogens is 430 g/mol. The van der Waals surface area contributed by atoms with Crippen molar-refractivity contribution >= 4 is 5.69 Å². The van der Waals surface area contributed by atoms with Gasteiger partial charge in [-0.2, -0.15) is 0 Å². The van der Waals surface area contributed by atoms with E-state index in [1.165, 1.54) is 11.6 Å². The molecule has 2 aromatic rings. The second-order valence-corrected chi connectivity index (χ2v) is 9.53. The van der Waals surface area contributed by atoms with Gasteiger partial charge in [-0.3, -0.25) is 4.90 Å². The van der Waals surface area contributed by atoms with Crippen LogP contribution in [0.25, 0.3) is 0 Å². The number of rotatable bonds is 6. The first-order chi connectivity index (χ1) is 15.7. The summed E-state index contributed by atoms with van der Waals surface area (Å²) in [6.07, 6.45) is 0.508. The predicted octanol–water partition coefficient (Wildman–Crippen LogP) is 2.48. The number of piperidine rings is 2. The molecule has 0 radical (unpaired) electrons. The van der Waals surface area contributed by atoms with E-state index in [-0.39, 0.29) is 18.9 Å². The Bertz CT molecular complexity index is 967. The van der Waals surface area contributed by atoms with Gasteiger partial charge in [0.1, 0.15) is 18.0 Å². The minimum Gasteiger partial charge on any atom is -0.490 e. The van der Waals surface area contributed by atoms with E-state index in [2.05, 4.69) is 30.0 Å². The van der Waals surface area contributed by atoms with Crippen LogP contribution in [0.2, 0.25) is 0 Å². The number of aryl methyl sites for hydroxylation is 1. The fourth-order valence-electron chi connectivity index (χ4n) is 4.78. The number of likely N-dealkylation sites (tertiary alicyclic amines) is 1. The zero-order valence-corrected chi connectivity index (χ0v) is 18.9. The number of halogens is 2. The molecule has 180 valence electrons. The molecule has 0 unspecified atom stereocenters. The van der Waals surface area contributed by atoms with E-state index < -0.39 is 28.9 Å². The number of aliphatic hydroxyl groups is 3. The van der Waals surface area contributed by atoms with Gasteiger partial charge in [-0.05, 0) is 56.0 Å². The minimum absolute atomic E-state index is 0.0776. The van der Waals surface area contributed by atoms with Crippen molar-refractivity contribution in [3.8, 4) is 5.75 Å². The molecule has 33 heavy (non-hydrogen) atoms. The molecule has 2 aliphatic rings. The largest absolute Gasteiger partial charge is 0.490 e. The molecule has 0 amide bonds. The van der Waals surface area contributed by atoms with Crippen LogP contribution in [0, 0.1) is 18.6 Å². The fraction of sp³-hybridized carbons (Fsp3) is 0.520. The average molecular weight is 463 g/mol. The number of hydrogen-bond donors (Lipinski definition) is 3. The summed E-state index contributed by atoms with van der Waals surface area (Å²) in [5.74, 6) is -1.94. The topological polar surface area (TPSA) is 76.4 Å². The normalized spacial score (nSPS) is 25.8. The van der Waals surface area contributed by atoms with E-state index in [1.54, 1.807) is 0 Å². The van der Waals surface area contributed by atoms with Crippen LogP contribution in [0.1, 0.15) is 24.8 Å². The van der Waals surface area contributed by atoms with Gasteiger partial charge in [-0.1, -0.05) is 12.1 Å². The third-order valence-corrected chi connectivity index (χ3v) is 6.80. The summed E-state index contributed by atoms with van der Waals surface area (Å²) in [7, 11) is 0. The summed E-state index contributed by atoms with van der Waals surface area (Å²) >= 11 is 0. The standard InChI is InChI=1S/C25H32F2N2O4/c1-18-3-2-4-19(13-18)29-11-8-24(31,9-12-29)15-28-10-7-23(30)25(32,16-28)17-33-20-5-6-21(26)22(27)14-20/h2-6,13-14,23,30-32H,7-12,15-17H2,1H3/t23-,25-/m0/s1. The highest BCUT2D eigenvalue weighted by molar-refractivity contribution is 5.48. The van der Waals surface area contributed by atoms with Crippen molar-refractivity contribution in [2.75, 3.05) is 44.2 Å². The molecule has 0 aromatic heterocycles. The first kappa shape index (κ1) is 23.9. The van der Waals surface area contributed by atoms with Crippen LogP contribution in [0.15, 0.2) is 42.5 Å². The maximum atomic E-state index is 13.4. The molecule has 2 saturated heterocycles. The monoisotopic (exact) mass is 462 g/mol. The fourth-order valence-corrected chi connectivity index (χ4v) is 4.78. The highest BCUT2D eigenvalue weighted by Crippen LogP contribution is 2.30. The van der Waals surface area contributed by atoms with Gasteiger partial charge in [-0.25, -0.2) is 8.78 Å². The Morgan fingerprint density at radius 2 is 1.79 bits per heavy atom. The SMILES string of the molecule is Cc1cccc(N2CCC(O)(CN3CC[C@H](O)[C@@](O)(COc4ccc(F)c(F)c4)C3)CC2)c1. The van der Waals surface area contributed by atoms with Crippen molar-refractivity contribution in [2.45, 2.75) is 43.5 Å². The van der Waals surface area contributed by atoms with Gasteiger partial charge in [0.25, 0.3) is 0 Å². The molecule has 8 heteroatoms. The molecule has 2 aromatic carbocycles. The third-order valence-electron chi connectivity index (χ3n) is 6.80. The van der Waals surface area contributed by atoms with E-state index in [4.69, 9.17) is 4.74 Å². The van der Waals surface area contributed by atoms with Crippen LogP contribution in [0.4, 0.5) is 14.5 Å². The van der Waals surface area contributed by atoms with Crippen molar-refractivity contribution in [1.29, 1.82) is 0 Å². The van der Waals surface area contributed by atoms with Gasteiger partial charge in [-0.15, -0.1) is 0 Å². The molecule has 2 aliphatic heterocycles. The van der Waals surface area contributed by atoms with E-state index in [9.17, 15) is 24.1 Å². The molecule has 2 fully saturated rings. The molecule has 6 nitrogen and oxygen atoms in total. The van der Waals surface area contributed by atoms with Crippen molar-refractivity contribution in [3.05, 3.63) is 59.7 Å². The van der Waals surface area contributed by atoms with Crippen LogP contribution < -0.4 is 9.64 Å². The van der Waals surface area contributed by atoms with Gasteiger partial charge in [0.15, 0.2) is 11.6 Å². The zero-order chi connectivity index (χ0) is 23.6. The molecule has 0 aliphatic carbocycles. The lowest BCUT2D eigenvalue weighted by Crippen LogP contribution is -2.62. The van der Waals surface area contributed by atoms with Crippen molar-refractivity contribution in [1.82, 2.24) is 4.90 Å².